The minimum Gasteiger partial charge on any atom is -0.502 e. The number of furan rings is 1. The molecular formula is C20H18BrNO5. The Kier molecular flexibility index (Phi) is 5.81. The number of amides is 1. The number of carbonyl (C=O) groups excluding carboxylic acids is 2. The van der Waals surface area contributed by atoms with E-state index in [-0.39, 0.29) is 35.5 Å². The molecule has 0 saturated heterocycles. The Morgan fingerprint density at radius 1 is 1.19 bits per heavy atom. The first kappa shape index (κ1) is 19.0. The Hall–Kier alpha value is -2.80. The van der Waals surface area contributed by atoms with Gasteiger partial charge in [0.05, 0.1) is 0 Å². The summed E-state index contributed by atoms with van der Waals surface area (Å²) < 4.78 is 10.8. The number of ether oxygens (including phenoxy) is 1. The molecule has 0 aliphatic heterocycles. The van der Waals surface area contributed by atoms with Gasteiger partial charge in [0.15, 0.2) is 5.76 Å². The molecule has 27 heavy (non-hydrogen) atoms. The number of halogens is 1. The number of nitrogens with one attached hydrogen (secondary N) is 1. The van der Waals surface area contributed by atoms with Crippen LogP contribution in [0.5, 0.6) is 11.5 Å². The number of hydrogen-bond acceptors (Lipinski definition) is 5. The van der Waals surface area contributed by atoms with Crippen molar-refractivity contribution in [2.24, 2.45) is 0 Å². The molecule has 0 radical (unpaired) electrons. The van der Waals surface area contributed by atoms with E-state index in [0.29, 0.717) is 17.3 Å². The number of benzene rings is 2. The number of anilines is 1. The zero-order chi connectivity index (χ0) is 19.4. The Labute approximate surface area is 164 Å². The van der Waals surface area contributed by atoms with Crippen LogP contribution in [0.1, 0.15) is 19.8 Å². The smallest absolute Gasteiger partial charge is 0.308 e. The summed E-state index contributed by atoms with van der Waals surface area (Å²) in [5.41, 5.74) is 0.625. The fraction of sp³-hybridized carbons (Fsp3) is 0.200. The zero-order valence-electron chi connectivity index (χ0n) is 14.6. The molecule has 3 aromatic rings. The van der Waals surface area contributed by atoms with Crippen LogP contribution in [0.3, 0.4) is 0 Å². The van der Waals surface area contributed by atoms with Gasteiger partial charge in [-0.15, -0.1) is 0 Å². The van der Waals surface area contributed by atoms with E-state index < -0.39 is 5.97 Å². The summed E-state index contributed by atoms with van der Waals surface area (Å²) in [6.07, 6.45) is 0.896. The molecule has 3 rings (SSSR count). The third kappa shape index (κ3) is 4.14. The van der Waals surface area contributed by atoms with Crippen LogP contribution >= 0.6 is 15.9 Å². The first-order valence-electron chi connectivity index (χ1n) is 8.39. The highest BCUT2D eigenvalue weighted by atomic mass is 79.9. The molecular weight excluding hydrogens is 414 g/mol. The molecule has 0 bridgehead atoms. The first-order valence-corrected chi connectivity index (χ1v) is 9.51. The van der Waals surface area contributed by atoms with Crippen molar-refractivity contribution in [2.45, 2.75) is 19.8 Å². The average molecular weight is 432 g/mol. The number of aromatic hydroxyl groups is 1. The van der Waals surface area contributed by atoms with E-state index in [0.717, 1.165) is 10.8 Å². The van der Waals surface area contributed by atoms with Gasteiger partial charge in [0, 0.05) is 24.2 Å². The van der Waals surface area contributed by atoms with E-state index in [1.165, 1.54) is 6.92 Å². The molecule has 0 fully saturated rings. The van der Waals surface area contributed by atoms with Crippen molar-refractivity contribution in [1.29, 1.82) is 0 Å². The van der Waals surface area contributed by atoms with Crippen LogP contribution in [-0.4, -0.2) is 22.3 Å². The molecule has 0 aliphatic rings. The Morgan fingerprint density at radius 2 is 1.93 bits per heavy atom. The van der Waals surface area contributed by atoms with Crippen molar-refractivity contribution in [3.8, 4) is 22.8 Å². The SMILES string of the molecule is CC(=O)Oc1c(NC(=O)CCCBr)oc(-c2cccc3ccccc23)c1O. The third-order valence-electron chi connectivity index (χ3n) is 3.91. The summed E-state index contributed by atoms with van der Waals surface area (Å²) >= 11 is 3.27. The highest BCUT2D eigenvalue weighted by Gasteiger charge is 2.26. The number of rotatable bonds is 6. The van der Waals surface area contributed by atoms with Gasteiger partial charge >= 0.3 is 5.97 Å². The lowest BCUT2D eigenvalue weighted by molar-refractivity contribution is -0.132. The molecule has 7 heteroatoms. The highest BCUT2D eigenvalue weighted by molar-refractivity contribution is 9.09. The molecule has 2 N–H and O–H groups in total. The van der Waals surface area contributed by atoms with E-state index in [4.69, 9.17) is 9.15 Å². The van der Waals surface area contributed by atoms with Gasteiger partial charge in [0.1, 0.15) is 0 Å². The van der Waals surface area contributed by atoms with Gasteiger partial charge in [-0.1, -0.05) is 58.4 Å². The standard InChI is InChI=1S/C20H18BrNO5/c1-12(23)26-19-17(25)18(27-20(19)22-16(24)10-5-11-21)15-9-4-7-13-6-2-3-8-14(13)15/h2-4,6-9,25H,5,10-11H2,1H3,(H,22,24). The molecule has 0 spiro atoms. The molecule has 0 saturated carbocycles. The lowest BCUT2D eigenvalue weighted by Crippen LogP contribution is -2.12. The summed E-state index contributed by atoms with van der Waals surface area (Å²) in [5, 5.41) is 15.7. The lowest BCUT2D eigenvalue weighted by Gasteiger charge is -2.04. The average Bonchev–Trinajstić information content (AvgIpc) is 2.94. The Morgan fingerprint density at radius 3 is 2.67 bits per heavy atom. The van der Waals surface area contributed by atoms with Gasteiger partial charge in [-0.2, -0.15) is 0 Å². The maximum absolute atomic E-state index is 12.1. The maximum Gasteiger partial charge on any atom is 0.308 e. The third-order valence-corrected chi connectivity index (χ3v) is 4.47. The monoisotopic (exact) mass is 431 g/mol. The van der Waals surface area contributed by atoms with Crippen molar-refractivity contribution >= 4 is 44.5 Å². The summed E-state index contributed by atoms with van der Waals surface area (Å²) in [5.74, 6) is -1.44. The van der Waals surface area contributed by atoms with Crippen LogP contribution in [0.25, 0.3) is 22.1 Å². The quantitative estimate of drug-likeness (QED) is 0.430. The number of alkyl halides is 1. The van der Waals surface area contributed by atoms with Crippen molar-refractivity contribution in [1.82, 2.24) is 0 Å². The van der Waals surface area contributed by atoms with Gasteiger partial charge in [-0.05, 0) is 17.2 Å². The lowest BCUT2D eigenvalue weighted by atomic mass is 10.0. The van der Waals surface area contributed by atoms with Crippen molar-refractivity contribution in [2.75, 3.05) is 10.6 Å². The van der Waals surface area contributed by atoms with Crippen LogP contribution < -0.4 is 10.1 Å². The van der Waals surface area contributed by atoms with Gasteiger partial charge in [0.2, 0.25) is 23.3 Å². The Bertz CT molecular complexity index is 990. The van der Waals surface area contributed by atoms with Crippen LogP contribution in [0.15, 0.2) is 46.9 Å². The second-order valence-electron chi connectivity index (χ2n) is 5.90. The van der Waals surface area contributed by atoms with Crippen LogP contribution in [0.4, 0.5) is 5.88 Å². The molecule has 0 atom stereocenters. The van der Waals surface area contributed by atoms with Gasteiger partial charge in [-0.3, -0.25) is 14.9 Å². The first-order chi connectivity index (χ1) is 13.0. The van der Waals surface area contributed by atoms with E-state index in [1.807, 2.05) is 36.4 Å². The molecule has 2 aromatic carbocycles. The molecule has 140 valence electrons. The minimum atomic E-state index is -0.633. The van der Waals surface area contributed by atoms with Gasteiger partial charge < -0.3 is 14.3 Å². The van der Waals surface area contributed by atoms with E-state index in [2.05, 4.69) is 21.2 Å². The number of hydrogen-bond donors (Lipinski definition) is 2. The number of esters is 1. The minimum absolute atomic E-state index is 0.0924. The van der Waals surface area contributed by atoms with E-state index in [9.17, 15) is 14.7 Å². The second-order valence-corrected chi connectivity index (χ2v) is 6.69. The van der Waals surface area contributed by atoms with Crippen LogP contribution in [-0.2, 0) is 9.59 Å². The highest BCUT2D eigenvalue weighted by Crippen LogP contribution is 2.47. The van der Waals surface area contributed by atoms with Gasteiger partial charge in [0.25, 0.3) is 0 Å². The number of fused-ring (bicyclic) bond motifs is 1. The largest absolute Gasteiger partial charge is 0.502 e. The summed E-state index contributed by atoms with van der Waals surface area (Å²) in [4.78, 5) is 23.5. The molecule has 6 nitrogen and oxygen atoms in total. The molecule has 1 heterocycles. The fourth-order valence-corrected chi connectivity index (χ4v) is 3.03. The number of carbonyl (C=O) groups is 2. The van der Waals surface area contributed by atoms with Crippen molar-refractivity contribution in [3.05, 3.63) is 42.5 Å². The molecule has 1 aromatic heterocycles. The fourth-order valence-electron chi connectivity index (χ4n) is 2.75. The predicted octanol–water partition coefficient (Wildman–Crippen LogP) is 4.84. The predicted molar refractivity (Wildman–Crippen MR) is 106 cm³/mol. The van der Waals surface area contributed by atoms with E-state index in [1.54, 1.807) is 6.07 Å². The topological polar surface area (TPSA) is 88.8 Å². The molecule has 1 amide bonds. The van der Waals surface area contributed by atoms with Crippen LogP contribution in [0.2, 0.25) is 0 Å². The maximum atomic E-state index is 12.1. The molecule has 0 unspecified atom stereocenters. The zero-order valence-corrected chi connectivity index (χ0v) is 16.2. The van der Waals surface area contributed by atoms with Crippen LogP contribution in [0, 0.1) is 0 Å². The van der Waals surface area contributed by atoms with E-state index >= 15 is 0 Å². The normalized spacial score (nSPS) is 10.7. The summed E-state index contributed by atoms with van der Waals surface area (Å²) in [6, 6.07) is 13.2. The Balaban J connectivity index is 2.08. The summed E-state index contributed by atoms with van der Waals surface area (Å²) in [7, 11) is 0. The van der Waals surface area contributed by atoms with Crippen molar-refractivity contribution in [3.63, 3.8) is 0 Å². The van der Waals surface area contributed by atoms with Gasteiger partial charge in [-0.25, -0.2) is 0 Å². The second kappa shape index (κ2) is 8.26. The van der Waals surface area contributed by atoms with Crippen molar-refractivity contribution < 1.29 is 23.8 Å². The summed E-state index contributed by atoms with van der Waals surface area (Å²) in [6.45, 7) is 1.21. The molecule has 0 aliphatic carbocycles.